The Labute approximate surface area is 161 Å². The second-order valence-corrected chi connectivity index (χ2v) is 7.12. The van der Waals surface area contributed by atoms with Crippen LogP contribution in [0.3, 0.4) is 0 Å². The number of carbonyl (C=O) groups is 1. The number of fused-ring (bicyclic) bond motifs is 1. The first-order valence-corrected chi connectivity index (χ1v) is 9.84. The van der Waals surface area contributed by atoms with Gasteiger partial charge < -0.3 is 14.8 Å². The number of para-hydroxylation sites is 2. The molecule has 0 fully saturated rings. The zero-order chi connectivity index (χ0) is 19.2. The SMILES string of the molecule is CC[C@H](NC(=O)[C@H](C)Oc1ccccc1OC)c1ccc2c(c1)CCCC2. The minimum atomic E-state index is -0.604. The second kappa shape index (κ2) is 8.94. The molecule has 1 aliphatic rings. The number of carbonyl (C=O) groups excluding carboxylic acids is 1. The zero-order valence-corrected chi connectivity index (χ0v) is 16.5. The molecule has 0 saturated carbocycles. The van der Waals surface area contributed by atoms with Gasteiger partial charge in [-0.3, -0.25) is 4.79 Å². The molecule has 0 aliphatic heterocycles. The first kappa shape index (κ1) is 19.3. The third-order valence-corrected chi connectivity index (χ3v) is 5.24. The van der Waals surface area contributed by atoms with Gasteiger partial charge in [-0.05, 0) is 67.9 Å². The van der Waals surface area contributed by atoms with E-state index in [0.717, 1.165) is 12.8 Å². The highest BCUT2D eigenvalue weighted by Crippen LogP contribution is 2.28. The van der Waals surface area contributed by atoms with Gasteiger partial charge in [0.2, 0.25) is 0 Å². The normalized spacial score (nSPS) is 15.4. The van der Waals surface area contributed by atoms with E-state index in [2.05, 4.69) is 30.4 Å². The van der Waals surface area contributed by atoms with Gasteiger partial charge in [-0.15, -0.1) is 0 Å². The number of amides is 1. The van der Waals surface area contributed by atoms with Crippen molar-refractivity contribution in [3.8, 4) is 11.5 Å². The van der Waals surface area contributed by atoms with Crippen molar-refractivity contribution in [3.05, 3.63) is 59.2 Å². The minimum Gasteiger partial charge on any atom is -0.493 e. The maximum atomic E-state index is 12.7. The molecule has 4 nitrogen and oxygen atoms in total. The average Bonchev–Trinajstić information content (AvgIpc) is 2.71. The van der Waals surface area contributed by atoms with E-state index in [0.29, 0.717) is 11.5 Å². The Morgan fingerprint density at radius 1 is 1.07 bits per heavy atom. The Morgan fingerprint density at radius 2 is 1.78 bits per heavy atom. The maximum Gasteiger partial charge on any atom is 0.261 e. The minimum absolute atomic E-state index is 0.00607. The fourth-order valence-electron chi connectivity index (χ4n) is 3.64. The third-order valence-electron chi connectivity index (χ3n) is 5.24. The monoisotopic (exact) mass is 367 g/mol. The van der Waals surface area contributed by atoms with Crippen LogP contribution in [-0.2, 0) is 17.6 Å². The molecule has 4 heteroatoms. The molecule has 1 N–H and O–H groups in total. The van der Waals surface area contributed by atoms with Gasteiger partial charge >= 0.3 is 0 Å². The average molecular weight is 367 g/mol. The summed E-state index contributed by atoms with van der Waals surface area (Å²) in [5.41, 5.74) is 4.07. The van der Waals surface area contributed by atoms with Gasteiger partial charge in [0.25, 0.3) is 5.91 Å². The van der Waals surface area contributed by atoms with E-state index in [1.165, 1.54) is 36.0 Å². The number of hydrogen-bond donors (Lipinski definition) is 1. The van der Waals surface area contributed by atoms with E-state index < -0.39 is 6.10 Å². The highest BCUT2D eigenvalue weighted by molar-refractivity contribution is 5.81. The summed E-state index contributed by atoms with van der Waals surface area (Å²) in [5.74, 6) is 1.08. The predicted molar refractivity (Wildman–Crippen MR) is 107 cm³/mol. The van der Waals surface area contributed by atoms with Crippen LogP contribution in [0, 0.1) is 0 Å². The molecule has 144 valence electrons. The molecule has 1 amide bonds. The van der Waals surface area contributed by atoms with E-state index in [9.17, 15) is 4.79 Å². The Bertz CT molecular complexity index is 787. The van der Waals surface area contributed by atoms with Gasteiger partial charge in [-0.25, -0.2) is 0 Å². The lowest BCUT2D eigenvalue weighted by molar-refractivity contribution is -0.128. The van der Waals surface area contributed by atoms with Gasteiger partial charge in [0.1, 0.15) is 0 Å². The number of benzene rings is 2. The molecule has 2 aromatic rings. The summed E-state index contributed by atoms with van der Waals surface area (Å²) < 4.78 is 11.1. The molecule has 0 bridgehead atoms. The highest BCUT2D eigenvalue weighted by atomic mass is 16.5. The van der Waals surface area contributed by atoms with E-state index in [1.54, 1.807) is 14.0 Å². The van der Waals surface area contributed by atoms with Gasteiger partial charge in [-0.2, -0.15) is 0 Å². The van der Waals surface area contributed by atoms with Crippen LogP contribution in [0.4, 0.5) is 0 Å². The quantitative estimate of drug-likeness (QED) is 0.777. The Balaban J connectivity index is 1.67. The smallest absolute Gasteiger partial charge is 0.261 e. The number of nitrogens with one attached hydrogen (secondary N) is 1. The zero-order valence-electron chi connectivity index (χ0n) is 16.5. The molecule has 0 spiro atoms. The van der Waals surface area contributed by atoms with Crippen LogP contribution in [0.5, 0.6) is 11.5 Å². The number of hydrogen-bond acceptors (Lipinski definition) is 3. The summed E-state index contributed by atoms with van der Waals surface area (Å²) in [6.07, 6.45) is 5.07. The Morgan fingerprint density at radius 3 is 2.48 bits per heavy atom. The fraction of sp³-hybridized carbons (Fsp3) is 0.435. The summed E-state index contributed by atoms with van der Waals surface area (Å²) >= 11 is 0. The molecule has 3 rings (SSSR count). The van der Waals surface area contributed by atoms with Gasteiger partial charge in [0.05, 0.1) is 13.2 Å². The van der Waals surface area contributed by atoms with Gasteiger partial charge in [-0.1, -0.05) is 37.3 Å². The summed E-state index contributed by atoms with van der Waals surface area (Å²) in [4.78, 5) is 12.7. The molecule has 0 aromatic heterocycles. The molecule has 1 aliphatic carbocycles. The van der Waals surface area contributed by atoms with Crippen LogP contribution in [0.15, 0.2) is 42.5 Å². The topological polar surface area (TPSA) is 47.6 Å². The first-order valence-electron chi connectivity index (χ1n) is 9.84. The lowest BCUT2D eigenvalue weighted by Crippen LogP contribution is -2.38. The maximum absolute atomic E-state index is 12.7. The van der Waals surface area contributed by atoms with Crippen LogP contribution in [0.25, 0.3) is 0 Å². The lowest BCUT2D eigenvalue weighted by Gasteiger charge is -2.23. The molecule has 0 unspecified atom stereocenters. The molecule has 0 heterocycles. The molecule has 0 saturated heterocycles. The number of rotatable bonds is 7. The van der Waals surface area contributed by atoms with Crippen LogP contribution in [0.1, 0.15) is 55.8 Å². The van der Waals surface area contributed by atoms with Crippen molar-refractivity contribution in [1.82, 2.24) is 5.32 Å². The van der Waals surface area contributed by atoms with Crippen LogP contribution >= 0.6 is 0 Å². The van der Waals surface area contributed by atoms with Crippen LogP contribution < -0.4 is 14.8 Å². The summed E-state index contributed by atoms with van der Waals surface area (Å²) in [6, 6.07) is 14.0. The van der Waals surface area contributed by atoms with E-state index in [4.69, 9.17) is 9.47 Å². The summed E-state index contributed by atoms with van der Waals surface area (Å²) in [5, 5.41) is 3.14. The van der Waals surface area contributed by atoms with Crippen molar-refractivity contribution in [2.75, 3.05) is 7.11 Å². The van der Waals surface area contributed by atoms with Gasteiger partial charge in [0, 0.05) is 0 Å². The molecule has 27 heavy (non-hydrogen) atoms. The molecule has 2 aromatic carbocycles. The second-order valence-electron chi connectivity index (χ2n) is 7.12. The Hall–Kier alpha value is -2.49. The third kappa shape index (κ3) is 4.62. The largest absolute Gasteiger partial charge is 0.493 e. The van der Waals surface area contributed by atoms with Crippen molar-refractivity contribution in [3.63, 3.8) is 0 Å². The van der Waals surface area contributed by atoms with E-state index in [-0.39, 0.29) is 11.9 Å². The first-order chi connectivity index (χ1) is 13.1. The van der Waals surface area contributed by atoms with Crippen molar-refractivity contribution < 1.29 is 14.3 Å². The van der Waals surface area contributed by atoms with Crippen LogP contribution in [-0.4, -0.2) is 19.1 Å². The van der Waals surface area contributed by atoms with Gasteiger partial charge in [0.15, 0.2) is 17.6 Å². The van der Waals surface area contributed by atoms with Crippen molar-refractivity contribution in [1.29, 1.82) is 0 Å². The highest BCUT2D eigenvalue weighted by Gasteiger charge is 2.21. The van der Waals surface area contributed by atoms with E-state index in [1.807, 2.05) is 24.3 Å². The fourth-order valence-corrected chi connectivity index (χ4v) is 3.64. The standard InChI is InChI=1S/C23H29NO3/c1-4-20(19-14-13-17-9-5-6-10-18(17)15-19)24-23(25)16(2)27-22-12-8-7-11-21(22)26-3/h7-8,11-16,20H,4-6,9-10H2,1-3H3,(H,24,25)/t16-,20-/m0/s1. The van der Waals surface area contributed by atoms with Crippen molar-refractivity contribution in [2.45, 2.75) is 58.1 Å². The van der Waals surface area contributed by atoms with E-state index >= 15 is 0 Å². The number of aryl methyl sites for hydroxylation is 2. The number of ether oxygens (including phenoxy) is 2. The summed E-state index contributed by atoms with van der Waals surface area (Å²) in [7, 11) is 1.59. The van der Waals surface area contributed by atoms with Crippen molar-refractivity contribution >= 4 is 5.91 Å². The van der Waals surface area contributed by atoms with Crippen LogP contribution in [0.2, 0.25) is 0 Å². The molecule has 2 atom stereocenters. The summed E-state index contributed by atoms with van der Waals surface area (Å²) in [6.45, 7) is 3.86. The number of methoxy groups -OCH3 is 1. The Kier molecular flexibility index (Phi) is 6.38. The lowest BCUT2D eigenvalue weighted by atomic mass is 9.89. The molecular formula is C23H29NO3. The molecular weight excluding hydrogens is 338 g/mol. The van der Waals surface area contributed by atoms with Crippen molar-refractivity contribution in [2.24, 2.45) is 0 Å². The predicted octanol–water partition coefficient (Wildman–Crippen LogP) is 4.61. The molecule has 0 radical (unpaired) electrons.